The van der Waals surface area contributed by atoms with Crippen molar-refractivity contribution in [1.82, 2.24) is 4.98 Å². The van der Waals surface area contributed by atoms with Gasteiger partial charge >= 0.3 is 5.97 Å². The van der Waals surface area contributed by atoms with Crippen LogP contribution in [-0.2, 0) is 0 Å². The fraction of sp³-hybridized carbons (Fsp3) is 0. The van der Waals surface area contributed by atoms with E-state index in [2.05, 4.69) is 4.98 Å². The Morgan fingerprint density at radius 2 is 2.10 bits per heavy atom. The maximum Gasteiger partial charge on any atom is 0.356 e. The number of carboxylic acid groups (broad SMARTS) is 1. The first-order chi connectivity index (χ1) is 9.86. The summed E-state index contributed by atoms with van der Waals surface area (Å²) in [4.78, 5) is 14.8. The number of hydrogen-bond acceptors (Lipinski definition) is 4. The Kier molecular flexibility index (Phi) is 3.98. The number of pyridine rings is 1. The summed E-state index contributed by atoms with van der Waals surface area (Å²) in [6.45, 7) is 0. The van der Waals surface area contributed by atoms with Gasteiger partial charge in [-0.05, 0) is 18.2 Å². The van der Waals surface area contributed by atoms with Gasteiger partial charge in [-0.25, -0.2) is 14.2 Å². The number of carbonyl (C=O) groups is 1. The normalized spacial score (nSPS) is 10.2. The molecule has 1 aromatic carbocycles. The number of aromatic nitrogens is 1. The Bertz CT molecular complexity index is 803. The third-order valence-electron chi connectivity index (χ3n) is 2.67. The molecule has 0 aliphatic carbocycles. The summed E-state index contributed by atoms with van der Waals surface area (Å²) < 4.78 is 14.2. The summed E-state index contributed by atoms with van der Waals surface area (Å²) in [7, 11) is 0. The standard InChI is InChI=1S/C13H6Cl2FN3O2/c14-7-2-1-5(11(16)6(7)4-17)9-3-8(18)10(15)12(19-9)13(20)21/h1-3H,(H2,18,19)(H,20,21). The number of nitriles is 1. The molecule has 0 aliphatic rings. The second-order valence-corrected chi connectivity index (χ2v) is 4.75. The number of nitrogens with two attached hydrogens (primary N) is 1. The van der Waals surface area contributed by atoms with Gasteiger partial charge in [0, 0.05) is 5.56 Å². The highest BCUT2D eigenvalue weighted by Crippen LogP contribution is 2.32. The van der Waals surface area contributed by atoms with Crippen LogP contribution < -0.4 is 5.73 Å². The van der Waals surface area contributed by atoms with Gasteiger partial charge in [0.25, 0.3) is 0 Å². The van der Waals surface area contributed by atoms with E-state index >= 15 is 0 Å². The van der Waals surface area contributed by atoms with Crippen molar-refractivity contribution < 1.29 is 14.3 Å². The second-order valence-electron chi connectivity index (χ2n) is 3.96. The van der Waals surface area contributed by atoms with Gasteiger partial charge < -0.3 is 10.8 Å². The van der Waals surface area contributed by atoms with Crippen LogP contribution in [0.3, 0.4) is 0 Å². The molecule has 106 valence electrons. The van der Waals surface area contributed by atoms with E-state index in [1.807, 2.05) is 0 Å². The van der Waals surface area contributed by atoms with Crippen LogP contribution in [0.1, 0.15) is 16.1 Å². The molecule has 0 unspecified atom stereocenters. The number of anilines is 1. The molecule has 21 heavy (non-hydrogen) atoms. The predicted octanol–water partition coefficient (Wildman–Crippen LogP) is 3.35. The summed E-state index contributed by atoms with van der Waals surface area (Å²) in [5.74, 6) is -2.31. The van der Waals surface area contributed by atoms with Crippen molar-refractivity contribution in [1.29, 1.82) is 5.26 Å². The van der Waals surface area contributed by atoms with Gasteiger partial charge in [0.2, 0.25) is 0 Å². The lowest BCUT2D eigenvalue weighted by atomic mass is 10.1. The molecule has 1 aromatic heterocycles. The second kappa shape index (κ2) is 5.56. The zero-order valence-corrected chi connectivity index (χ0v) is 11.7. The highest BCUT2D eigenvalue weighted by Gasteiger charge is 2.19. The molecule has 1 heterocycles. The van der Waals surface area contributed by atoms with Gasteiger partial charge in [0.15, 0.2) is 11.5 Å². The van der Waals surface area contributed by atoms with Gasteiger partial charge in [0.1, 0.15) is 11.6 Å². The summed E-state index contributed by atoms with van der Waals surface area (Å²) in [5, 5.41) is 17.6. The van der Waals surface area contributed by atoms with Crippen LogP contribution in [0.5, 0.6) is 0 Å². The number of benzene rings is 1. The minimum atomic E-state index is -1.40. The Hall–Kier alpha value is -2.36. The minimum Gasteiger partial charge on any atom is -0.476 e. The summed E-state index contributed by atoms with van der Waals surface area (Å²) in [6, 6.07) is 5.44. The number of hydrogen-bond donors (Lipinski definition) is 2. The fourth-order valence-corrected chi connectivity index (χ4v) is 2.05. The lowest BCUT2D eigenvalue weighted by Crippen LogP contribution is -2.06. The van der Waals surface area contributed by atoms with Gasteiger partial charge in [-0.2, -0.15) is 5.26 Å². The highest BCUT2D eigenvalue weighted by molar-refractivity contribution is 6.35. The Morgan fingerprint density at radius 3 is 2.67 bits per heavy atom. The van der Waals surface area contributed by atoms with Crippen molar-refractivity contribution in [3.05, 3.63) is 45.3 Å². The molecule has 3 N–H and O–H groups in total. The van der Waals surface area contributed by atoms with E-state index in [1.165, 1.54) is 18.2 Å². The number of nitrogens with zero attached hydrogens (tertiary/aromatic N) is 2. The van der Waals surface area contributed by atoms with Crippen molar-refractivity contribution in [2.75, 3.05) is 5.73 Å². The molecule has 2 rings (SSSR count). The average molecular weight is 326 g/mol. The Morgan fingerprint density at radius 1 is 1.43 bits per heavy atom. The van der Waals surface area contributed by atoms with E-state index in [4.69, 9.17) is 39.3 Å². The molecule has 2 aromatic rings. The SMILES string of the molecule is N#Cc1c(Cl)ccc(-c2cc(N)c(Cl)c(C(=O)O)n2)c1F. The van der Waals surface area contributed by atoms with Crippen LogP contribution in [0.15, 0.2) is 18.2 Å². The van der Waals surface area contributed by atoms with E-state index in [1.54, 1.807) is 6.07 Å². The van der Waals surface area contributed by atoms with Gasteiger partial charge in [-0.3, -0.25) is 0 Å². The topological polar surface area (TPSA) is 100 Å². The van der Waals surface area contributed by atoms with Crippen LogP contribution in [0.2, 0.25) is 10.0 Å². The fourth-order valence-electron chi connectivity index (χ4n) is 1.68. The zero-order valence-electron chi connectivity index (χ0n) is 10.2. The summed E-state index contributed by atoms with van der Waals surface area (Å²) in [6.07, 6.45) is 0. The molecule has 0 radical (unpaired) electrons. The first kappa shape index (κ1) is 15.0. The van der Waals surface area contributed by atoms with Crippen molar-refractivity contribution in [3.8, 4) is 17.3 Å². The molecule has 0 atom stereocenters. The lowest BCUT2D eigenvalue weighted by Gasteiger charge is -2.09. The van der Waals surface area contributed by atoms with Crippen LogP contribution in [-0.4, -0.2) is 16.1 Å². The Balaban J connectivity index is 2.75. The quantitative estimate of drug-likeness (QED) is 0.881. The van der Waals surface area contributed by atoms with E-state index in [9.17, 15) is 9.18 Å². The highest BCUT2D eigenvalue weighted by atomic mass is 35.5. The zero-order chi connectivity index (χ0) is 15.7. The molecule has 0 fully saturated rings. The molecule has 5 nitrogen and oxygen atoms in total. The van der Waals surface area contributed by atoms with Crippen LogP contribution >= 0.6 is 23.2 Å². The molecule has 0 saturated heterocycles. The Labute approximate surface area is 128 Å². The monoisotopic (exact) mass is 325 g/mol. The number of aromatic carboxylic acids is 1. The number of carboxylic acids is 1. The van der Waals surface area contributed by atoms with Crippen molar-refractivity contribution in [2.45, 2.75) is 0 Å². The third-order valence-corrected chi connectivity index (χ3v) is 3.38. The maximum atomic E-state index is 14.2. The van der Waals surface area contributed by atoms with E-state index in [0.29, 0.717) is 0 Å². The molecular weight excluding hydrogens is 320 g/mol. The molecule has 0 amide bonds. The molecule has 0 bridgehead atoms. The van der Waals surface area contributed by atoms with Gasteiger partial charge in [-0.1, -0.05) is 23.2 Å². The van der Waals surface area contributed by atoms with Crippen molar-refractivity contribution in [3.63, 3.8) is 0 Å². The number of halogens is 3. The van der Waals surface area contributed by atoms with E-state index in [-0.39, 0.29) is 32.6 Å². The molecule has 0 spiro atoms. The van der Waals surface area contributed by atoms with Crippen LogP contribution in [0, 0.1) is 17.1 Å². The largest absolute Gasteiger partial charge is 0.476 e. The van der Waals surface area contributed by atoms with Crippen molar-refractivity contribution in [2.24, 2.45) is 0 Å². The van der Waals surface area contributed by atoms with Crippen LogP contribution in [0.25, 0.3) is 11.3 Å². The van der Waals surface area contributed by atoms with Gasteiger partial charge in [0.05, 0.1) is 21.4 Å². The maximum absolute atomic E-state index is 14.2. The smallest absolute Gasteiger partial charge is 0.356 e. The van der Waals surface area contributed by atoms with Crippen molar-refractivity contribution >= 4 is 34.9 Å². The third kappa shape index (κ3) is 2.61. The number of rotatable bonds is 2. The first-order valence-electron chi connectivity index (χ1n) is 5.44. The average Bonchev–Trinajstić information content (AvgIpc) is 2.42. The minimum absolute atomic E-state index is 0.0556. The predicted molar refractivity (Wildman–Crippen MR) is 75.7 cm³/mol. The first-order valence-corrected chi connectivity index (χ1v) is 6.20. The molecule has 8 heteroatoms. The van der Waals surface area contributed by atoms with E-state index < -0.39 is 17.5 Å². The van der Waals surface area contributed by atoms with Gasteiger partial charge in [-0.15, -0.1) is 0 Å². The van der Waals surface area contributed by atoms with Crippen LogP contribution in [0.4, 0.5) is 10.1 Å². The summed E-state index contributed by atoms with van der Waals surface area (Å²) >= 11 is 11.4. The van der Waals surface area contributed by atoms with E-state index in [0.717, 1.165) is 0 Å². The molecule has 0 aliphatic heterocycles. The lowest BCUT2D eigenvalue weighted by molar-refractivity contribution is 0.0691. The molecule has 0 saturated carbocycles. The molecular formula is C13H6Cl2FN3O2. The number of nitrogen functional groups attached to an aromatic ring is 1. The summed E-state index contributed by atoms with van der Waals surface area (Å²) in [5.41, 5.74) is 4.52.